The number of rotatable bonds is 15. The molecule has 0 aliphatic heterocycles. The number of benzene rings is 1. The highest BCUT2D eigenvalue weighted by Crippen LogP contribution is 2.30. The van der Waals surface area contributed by atoms with Crippen LogP contribution in [-0.4, -0.2) is 58.8 Å². The molecule has 0 heterocycles. The Morgan fingerprint density at radius 3 is 1.66 bits per heavy atom. The summed E-state index contributed by atoms with van der Waals surface area (Å²) in [4.78, 5) is 11.7. The largest absolute Gasteiger partial charge is 0.423 e. The van der Waals surface area contributed by atoms with Gasteiger partial charge in [-0.05, 0) is 13.3 Å². The third kappa shape index (κ3) is 9.07. The normalized spacial score (nSPS) is 11.1. The van der Waals surface area contributed by atoms with E-state index in [1.807, 2.05) is 6.92 Å². The van der Waals surface area contributed by atoms with Gasteiger partial charge in [-0.25, -0.2) is 13.2 Å². The van der Waals surface area contributed by atoms with Crippen LogP contribution in [0.15, 0.2) is 0 Å². The summed E-state index contributed by atoms with van der Waals surface area (Å²) in [5, 5.41) is 0. The Kier molecular flexibility index (Phi) is 12.4. The highest BCUT2D eigenvalue weighted by atomic mass is 19.2. The summed E-state index contributed by atoms with van der Waals surface area (Å²) >= 11 is 0. The molecule has 0 bridgehead atoms. The van der Waals surface area contributed by atoms with Gasteiger partial charge in [0.15, 0.2) is 17.4 Å². The van der Waals surface area contributed by atoms with Gasteiger partial charge in [0.05, 0.1) is 52.7 Å². The molecule has 1 aromatic carbocycles. The van der Waals surface area contributed by atoms with Gasteiger partial charge in [0.2, 0.25) is 11.6 Å². The number of hydrogen-bond acceptors (Lipinski definition) is 6. The van der Waals surface area contributed by atoms with Crippen molar-refractivity contribution in [3.63, 3.8) is 0 Å². The number of carbonyl (C=O) groups is 1. The highest BCUT2D eigenvalue weighted by Gasteiger charge is 2.25. The first-order chi connectivity index (χ1) is 13.9. The van der Waals surface area contributed by atoms with E-state index in [0.29, 0.717) is 33.0 Å². The molecule has 0 atom stereocenters. The number of halogens is 4. The molecule has 0 aliphatic rings. The van der Waals surface area contributed by atoms with Crippen LogP contribution in [0.2, 0.25) is 0 Å². The van der Waals surface area contributed by atoms with E-state index in [1.165, 1.54) is 0 Å². The van der Waals surface area contributed by atoms with E-state index in [4.69, 9.17) is 18.9 Å². The summed E-state index contributed by atoms with van der Waals surface area (Å²) in [6.45, 7) is 5.91. The minimum absolute atomic E-state index is 0.0692. The Morgan fingerprint density at radius 1 is 0.690 bits per heavy atom. The third-order valence-corrected chi connectivity index (χ3v) is 3.58. The van der Waals surface area contributed by atoms with Crippen LogP contribution < -0.4 is 4.74 Å². The van der Waals surface area contributed by atoms with Gasteiger partial charge < -0.3 is 23.7 Å². The molecule has 0 aliphatic carbocycles. The van der Waals surface area contributed by atoms with Gasteiger partial charge in [0.1, 0.15) is 0 Å². The van der Waals surface area contributed by atoms with Crippen LogP contribution in [-0.2, 0) is 23.7 Å². The van der Waals surface area contributed by atoms with Crippen molar-refractivity contribution in [2.75, 3.05) is 52.9 Å². The second-order valence-corrected chi connectivity index (χ2v) is 5.88. The van der Waals surface area contributed by atoms with Crippen LogP contribution >= 0.6 is 0 Å². The summed E-state index contributed by atoms with van der Waals surface area (Å²) in [5.41, 5.74) is -0.636. The van der Waals surface area contributed by atoms with Crippen LogP contribution in [0.5, 0.6) is 5.75 Å². The van der Waals surface area contributed by atoms with Crippen LogP contribution in [0.1, 0.15) is 25.3 Å². The molecule has 0 aromatic heterocycles. The van der Waals surface area contributed by atoms with Crippen molar-refractivity contribution in [2.24, 2.45) is 0 Å². The fourth-order valence-corrected chi connectivity index (χ4v) is 2.07. The van der Waals surface area contributed by atoms with Gasteiger partial charge in [-0.1, -0.05) is 6.92 Å². The molecule has 1 rings (SSSR count). The summed E-state index contributed by atoms with van der Waals surface area (Å²) in [5.74, 6) is -9.33. The fourth-order valence-electron chi connectivity index (χ4n) is 2.07. The predicted octanol–water partition coefficient (Wildman–Crippen LogP) is 3.32. The van der Waals surface area contributed by atoms with E-state index in [-0.39, 0.29) is 26.2 Å². The van der Waals surface area contributed by atoms with E-state index in [2.05, 4.69) is 4.74 Å². The average molecular weight is 426 g/mol. The maximum atomic E-state index is 13.6. The van der Waals surface area contributed by atoms with Gasteiger partial charge >= 0.3 is 5.97 Å². The summed E-state index contributed by atoms with van der Waals surface area (Å²) in [7, 11) is 0. The lowest BCUT2D eigenvalue weighted by molar-refractivity contribution is -0.136. The number of esters is 1. The Bertz CT molecular complexity index is 613. The minimum Gasteiger partial charge on any atom is -0.423 e. The molecule has 0 saturated heterocycles. The molecule has 0 N–H and O–H groups in total. The Morgan fingerprint density at radius 2 is 1.14 bits per heavy atom. The Hall–Kier alpha value is -1.75. The smallest absolute Gasteiger partial charge is 0.313 e. The van der Waals surface area contributed by atoms with E-state index < -0.39 is 40.6 Å². The van der Waals surface area contributed by atoms with Crippen molar-refractivity contribution in [1.82, 2.24) is 0 Å². The van der Waals surface area contributed by atoms with Crippen molar-refractivity contribution < 1.29 is 46.0 Å². The summed E-state index contributed by atoms with van der Waals surface area (Å²) in [6.07, 6.45) is 0.668. The van der Waals surface area contributed by atoms with E-state index in [0.717, 1.165) is 13.3 Å². The Labute approximate surface area is 167 Å². The zero-order chi connectivity index (χ0) is 21.6. The lowest BCUT2D eigenvalue weighted by atomic mass is 10.2. The number of hydrogen-bond donors (Lipinski definition) is 0. The monoisotopic (exact) mass is 426 g/mol. The van der Waals surface area contributed by atoms with Gasteiger partial charge in [-0.3, -0.25) is 4.79 Å². The van der Waals surface area contributed by atoms with Crippen LogP contribution in [0, 0.1) is 30.2 Å². The van der Waals surface area contributed by atoms with Gasteiger partial charge in [-0.2, -0.15) is 4.39 Å². The van der Waals surface area contributed by atoms with Crippen molar-refractivity contribution in [3.05, 3.63) is 28.8 Å². The standard InChI is InChI=1S/C19H26F4O6/c1-3-5-25-7-9-27-11-12-28-10-8-26-6-4-14(24)29-19-13(2)15(20)16(21)17(22)18(19)23/h3-12H2,1-2H3. The van der Waals surface area contributed by atoms with E-state index in [1.54, 1.807) is 0 Å². The van der Waals surface area contributed by atoms with Crippen molar-refractivity contribution >= 4 is 5.97 Å². The third-order valence-electron chi connectivity index (χ3n) is 3.58. The first kappa shape index (κ1) is 25.3. The lowest BCUT2D eigenvalue weighted by Crippen LogP contribution is -2.16. The molecular formula is C19H26F4O6. The lowest BCUT2D eigenvalue weighted by Gasteiger charge is -2.11. The first-order valence-corrected chi connectivity index (χ1v) is 9.24. The Balaban J connectivity index is 2.13. The second kappa shape index (κ2) is 14.3. The molecule has 0 fully saturated rings. The summed E-state index contributed by atoms with van der Waals surface area (Å²) in [6, 6.07) is 0. The molecule has 0 radical (unpaired) electrons. The fraction of sp³-hybridized carbons (Fsp3) is 0.632. The van der Waals surface area contributed by atoms with Gasteiger partial charge in [0, 0.05) is 12.2 Å². The maximum absolute atomic E-state index is 13.6. The summed E-state index contributed by atoms with van der Waals surface area (Å²) < 4.78 is 78.9. The quantitative estimate of drug-likeness (QED) is 0.107. The molecule has 0 saturated carbocycles. The SMILES string of the molecule is CCCOCCOCCOCCOCCC(=O)Oc1c(C)c(F)c(F)c(F)c1F. The molecule has 29 heavy (non-hydrogen) atoms. The second-order valence-electron chi connectivity index (χ2n) is 5.88. The molecule has 6 nitrogen and oxygen atoms in total. The highest BCUT2D eigenvalue weighted by molar-refractivity contribution is 5.73. The van der Waals surface area contributed by atoms with Crippen LogP contribution in [0.4, 0.5) is 17.6 Å². The number of ether oxygens (including phenoxy) is 5. The van der Waals surface area contributed by atoms with Gasteiger partial charge in [0.25, 0.3) is 0 Å². The van der Waals surface area contributed by atoms with Crippen molar-refractivity contribution in [2.45, 2.75) is 26.7 Å². The molecule has 166 valence electrons. The molecule has 1 aromatic rings. The molecular weight excluding hydrogens is 400 g/mol. The zero-order valence-electron chi connectivity index (χ0n) is 16.5. The van der Waals surface area contributed by atoms with Crippen LogP contribution in [0.3, 0.4) is 0 Å². The molecule has 10 heteroatoms. The predicted molar refractivity (Wildman–Crippen MR) is 94.8 cm³/mol. The molecule has 0 spiro atoms. The average Bonchev–Trinajstić information content (AvgIpc) is 2.71. The van der Waals surface area contributed by atoms with Gasteiger partial charge in [-0.15, -0.1) is 0 Å². The molecule has 0 unspecified atom stereocenters. The first-order valence-electron chi connectivity index (χ1n) is 9.24. The minimum atomic E-state index is -2.04. The van der Waals surface area contributed by atoms with E-state index >= 15 is 0 Å². The topological polar surface area (TPSA) is 63.2 Å². The van der Waals surface area contributed by atoms with Crippen LogP contribution in [0.25, 0.3) is 0 Å². The van der Waals surface area contributed by atoms with Crippen molar-refractivity contribution in [1.29, 1.82) is 0 Å². The van der Waals surface area contributed by atoms with Crippen molar-refractivity contribution in [3.8, 4) is 5.75 Å². The molecule has 0 amide bonds. The zero-order valence-corrected chi connectivity index (χ0v) is 16.5. The maximum Gasteiger partial charge on any atom is 0.313 e. The van der Waals surface area contributed by atoms with E-state index in [9.17, 15) is 22.4 Å². The number of carbonyl (C=O) groups excluding carboxylic acids is 1.